The number of anilines is 1. The highest BCUT2D eigenvalue weighted by Crippen LogP contribution is 2.48. The van der Waals surface area contributed by atoms with Gasteiger partial charge in [0.2, 0.25) is 10.0 Å². The standard InChI is InChI=1S/C13H18BrClN2O3S/c1-20-5-4-13(2-3-13)8-17-21(18,19)11-7-9(15)6-10(16)12(11)14/h6-7,17H,2-5,8,16H2,1H3. The summed E-state index contributed by atoms with van der Waals surface area (Å²) in [5.41, 5.74) is 6.06. The Morgan fingerprint density at radius 3 is 2.71 bits per heavy atom. The molecule has 0 radical (unpaired) electrons. The zero-order valence-electron chi connectivity index (χ0n) is 11.7. The van der Waals surface area contributed by atoms with Crippen LogP contribution in [0.5, 0.6) is 0 Å². The lowest BCUT2D eigenvalue weighted by atomic mass is 10.0. The minimum absolute atomic E-state index is 0.0275. The predicted octanol–water partition coefficient (Wildman–Crippen LogP) is 2.78. The lowest BCUT2D eigenvalue weighted by Gasteiger charge is -2.16. The third-order valence-corrected chi connectivity index (χ3v) is 6.54. The van der Waals surface area contributed by atoms with E-state index < -0.39 is 10.0 Å². The molecule has 0 spiro atoms. The average Bonchev–Trinajstić information content (AvgIpc) is 3.19. The van der Waals surface area contributed by atoms with E-state index in [0.29, 0.717) is 23.3 Å². The summed E-state index contributed by atoms with van der Waals surface area (Å²) in [5, 5.41) is 0.289. The Morgan fingerprint density at radius 1 is 1.48 bits per heavy atom. The second-order valence-electron chi connectivity index (χ2n) is 5.37. The summed E-state index contributed by atoms with van der Waals surface area (Å²) in [4.78, 5) is 0.0649. The lowest BCUT2D eigenvalue weighted by molar-refractivity contribution is 0.173. The van der Waals surface area contributed by atoms with Crippen molar-refractivity contribution >= 4 is 43.2 Å². The van der Waals surface area contributed by atoms with Crippen molar-refractivity contribution in [1.29, 1.82) is 0 Å². The van der Waals surface area contributed by atoms with Crippen LogP contribution in [0.15, 0.2) is 21.5 Å². The van der Waals surface area contributed by atoms with Gasteiger partial charge in [-0.2, -0.15) is 0 Å². The number of benzene rings is 1. The van der Waals surface area contributed by atoms with Gasteiger partial charge in [-0.1, -0.05) is 11.6 Å². The van der Waals surface area contributed by atoms with Crippen LogP contribution in [0.3, 0.4) is 0 Å². The van der Waals surface area contributed by atoms with E-state index in [1.54, 1.807) is 7.11 Å². The Kier molecular flexibility index (Phi) is 5.20. The topological polar surface area (TPSA) is 81.4 Å². The van der Waals surface area contributed by atoms with Crippen molar-refractivity contribution in [1.82, 2.24) is 4.72 Å². The fourth-order valence-electron chi connectivity index (χ4n) is 2.12. The lowest BCUT2D eigenvalue weighted by Crippen LogP contribution is -2.31. The molecular weight excluding hydrogens is 380 g/mol. The molecule has 0 unspecified atom stereocenters. The molecule has 1 fully saturated rings. The van der Waals surface area contributed by atoms with E-state index in [1.165, 1.54) is 12.1 Å². The van der Waals surface area contributed by atoms with Crippen LogP contribution in [0.1, 0.15) is 19.3 Å². The molecule has 0 aliphatic heterocycles. The number of hydrogen-bond donors (Lipinski definition) is 2. The van der Waals surface area contributed by atoms with E-state index in [2.05, 4.69) is 20.7 Å². The van der Waals surface area contributed by atoms with Crippen molar-refractivity contribution < 1.29 is 13.2 Å². The van der Waals surface area contributed by atoms with Crippen molar-refractivity contribution in [2.45, 2.75) is 24.2 Å². The molecule has 2 rings (SSSR count). The zero-order valence-corrected chi connectivity index (χ0v) is 14.8. The number of hydrogen-bond acceptors (Lipinski definition) is 4. The second-order valence-corrected chi connectivity index (χ2v) is 8.34. The second kappa shape index (κ2) is 6.42. The molecule has 1 aromatic carbocycles. The molecule has 1 aromatic rings. The molecular formula is C13H18BrClN2O3S. The number of sulfonamides is 1. The number of rotatable bonds is 7. The van der Waals surface area contributed by atoms with E-state index in [0.717, 1.165) is 19.3 Å². The number of nitrogens with one attached hydrogen (secondary N) is 1. The summed E-state index contributed by atoms with van der Waals surface area (Å²) in [6.07, 6.45) is 2.88. The highest BCUT2D eigenvalue weighted by atomic mass is 79.9. The van der Waals surface area contributed by atoms with Crippen LogP contribution < -0.4 is 10.5 Å². The van der Waals surface area contributed by atoms with Crippen molar-refractivity contribution in [2.24, 2.45) is 5.41 Å². The maximum Gasteiger partial charge on any atom is 0.241 e. The van der Waals surface area contributed by atoms with E-state index in [-0.39, 0.29) is 15.3 Å². The van der Waals surface area contributed by atoms with Crippen LogP contribution in [-0.4, -0.2) is 28.7 Å². The molecule has 21 heavy (non-hydrogen) atoms. The van der Waals surface area contributed by atoms with Crippen LogP contribution in [0.2, 0.25) is 5.02 Å². The Labute approximate surface area is 138 Å². The molecule has 0 bridgehead atoms. The largest absolute Gasteiger partial charge is 0.398 e. The van der Waals surface area contributed by atoms with Gasteiger partial charge in [0.15, 0.2) is 0 Å². The first-order valence-corrected chi connectivity index (χ1v) is 9.18. The molecule has 1 aliphatic rings. The molecule has 118 valence electrons. The van der Waals surface area contributed by atoms with Gasteiger partial charge in [0.25, 0.3) is 0 Å². The zero-order chi connectivity index (χ0) is 15.7. The Bertz CT molecular complexity index is 633. The summed E-state index contributed by atoms with van der Waals surface area (Å²) < 4.78 is 32.9. The maximum atomic E-state index is 12.4. The number of halogens is 2. The summed E-state index contributed by atoms with van der Waals surface area (Å²) >= 11 is 9.09. The normalized spacial score (nSPS) is 16.9. The highest BCUT2D eigenvalue weighted by Gasteiger charge is 2.42. The number of ether oxygens (including phenoxy) is 1. The van der Waals surface area contributed by atoms with Crippen molar-refractivity contribution in [3.8, 4) is 0 Å². The first-order chi connectivity index (χ1) is 9.80. The third-order valence-electron chi connectivity index (χ3n) is 3.75. The van der Waals surface area contributed by atoms with Crippen molar-refractivity contribution in [2.75, 3.05) is 26.0 Å². The molecule has 1 aliphatic carbocycles. The van der Waals surface area contributed by atoms with Gasteiger partial charge in [0.1, 0.15) is 0 Å². The monoisotopic (exact) mass is 396 g/mol. The first-order valence-electron chi connectivity index (χ1n) is 6.53. The molecule has 3 N–H and O–H groups in total. The van der Waals surface area contributed by atoms with Gasteiger partial charge in [-0.05, 0) is 52.7 Å². The van der Waals surface area contributed by atoms with Gasteiger partial charge in [0, 0.05) is 31.0 Å². The van der Waals surface area contributed by atoms with Crippen LogP contribution in [0.25, 0.3) is 0 Å². The summed E-state index contributed by atoms with van der Waals surface area (Å²) in [7, 11) is -2.01. The van der Waals surface area contributed by atoms with Gasteiger partial charge in [0.05, 0.1) is 9.37 Å². The molecule has 8 heteroatoms. The van der Waals surface area contributed by atoms with Crippen LogP contribution in [-0.2, 0) is 14.8 Å². The van der Waals surface area contributed by atoms with Crippen LogP contribution in [0.4, 0.5) is 5.69 Å². The van der Waals surface area contributed by atoms with Gasteiger partial charge in [-0.15, -0.1) is 0 Å². The van der Waals surface area contributed by atoms with Crippen LogP contribution >= 0.6 is 27.5 Å². The van der Waals surface area contributed by atoms with Gasteiger partial charge >= 0.3 is 0 Å². The molecule has 0 aromatic heterocycles. The van der Waals surface area contributed by atoms with E-state index in [1.807, 2.05) is 0 Å². The average molecular weight is 398 g/mol. The fourth-order valence-corrected chi connectivity index (χ4v) is 4.56. The van der Waals surface area contributed by atoms with E-state index in [9.17, 15) is 8.42 Å². The van der Waals surface area contributed by atoms with Gasteiger partial charge in [-0.25, -0.2) is 13.1 Å². The number of nitrogen functional groups attached to an aromatic ring is 1. The fraction of sp³-hybridized carbons (Fsp3) is 0.538. The minimum atomic E-state index is -3.66. The number of nitrogens with two attached hydrogens (primary N) is 1. The van der Waals surface area contributed by atoms with E-state index in [4.69, 9.17) is 22.1 Å². The summed E-state index contributed by atoms with van der Waals surface area (Å²) in [5.74, 6) is 0. The van der Waals surface area contributed by atoms with Crippen LogP contribution in [0, 0.1) is 5.41 Å². The smallest absolute Gasteiger partial charge is 0.241 e. The summed E-state index contributed by atoms with van der Waals surface area (Å²) in [6.45, 7) is 1.03. The van der Waals surface area contributed by atoms with Gasteiger partial charge in [-0.3, -0.25) is 0 Å². The number of methoxy groups -OCH3 is 1. The summed E-state index contributed by atoms with van der Waals surface area (Å²) in [6, 6.07) is 2.89. The third kappa shape index (κ3) is 4.10. The van der Waals surface area contributed by atoms with E-state index >= 15 is 0 Å². The first kappa shape index (κ1) is 17.0. The van der Waals surface area contributed by atoms with Crippen molar-refractivity contribution in [3.63, 3.8) is 0 Å². The molecule has 1 saturated carbocycles. The Morgan fingerprint density at radius 2 is 2.14 bits per heavy atom. The highest BCUT2D eigenvalue weighted by molar-refractivity contribution is 9.10. The molecule has 0 amide bonds. The molecule has 0 saturated heterocycles. The SMILES string of the molecule is COCCC1(CNS(=O)(=O)c2cc(Cl)cc(N)c2Br)CC1. The maximum absolute atomic E-state index is 12.4. The Hall–Kier alpha value is -0.340. The predicted molar refractivity (Wildman–Crippen MR) is 86.9 cm³/mol. The molecule has 0 atom stereocenters. The molecule has 0 heterocycles. The molecule has 5 nitrogen and oxygen atoms in total. The quantitative estimate of drug-likeness (QED) is 0.693. The minimum Gasteiger partial charge on any atom is -0.398 e. The Balaban J connectivity index is 2.13. The van der Waals surface area contributed by atoms with Crippen molar-refractivity contribution in [3.05, 3.63) is 21.6 Å². The van der Waals surface area contributed by atoms with Gasteiger partial charge < -0.3 is 10.5 Å².